The molecule has 0 radical (unpaired) electrons. The highest BCUT2D eigenvalue weighted by atomic mass is 16.1. The van der Waals surface area contributed by atoms with E-state index in [2.05, 4.69) is 4.98 Å². The summed E-state index contributed by atoms with van der Waals surface area (Å²) in [6.45, 7) is 7.73. The van der Waals surface area contributed by atoms with Crippen LogP contribution in [0.25, 0.3) is 16.6 Å². The maximum absolute atomic E-state index is 13.1. The topological polar surface area (TPSA) is 52.0 Å². The molecule has 23 heavy (non-hydrogen) atoms. The molecule has 0 N–H and O–H groups in total. The highest BCUT2D eigenvalue weighted by Crippen LogP contribution is 2.30. The molecule has 0 aliphatic carbocycles. The maximum atomic E-state index is 13.1. The van der Waals surface area contributed by atoms with Gasteiger partial charge < -0.3 is 0 Å². The molecule has 0 atom stereocenters. The monoisotopic (exact) mass is 304 g/mol. The minimum Gasteiger partial charge on any atom is -0.285 e. The van der Waals surface area contributed by atoms with Gasteiger partial charge in [0, 0.05) is 0 Å². The molecule has 0 spiro atoms. The lowest BCUT2D eigenvalue weighted by Gasteiger charge is -2.09. The Hall–Kier alpha value is -2.75. The van der Waals surface area contributed by atoms with Gasteiger partial charge in [-0.2, -0.15) is 0 Å². The second-order valence-electron chi connectivity index (χ2n) is 6.36. The zero-order valence-electron chi connectivity index (χ0n) is 13.5. The fraction of sp³-hybridized carbons (Fsp3) is 0.211. The van der Waals surface area contributed by atoms with E-state index in [1.54, 1.807) is 0 Å². The summed E-state index contributed by atoms with van der Waals surface area (Å²) in [4.78, 5) is 30.3. The van der Waals surface area contributed by atoms with Crippen molar-refractivity contribution in [3.8, 4) is 5.69 Å². The first-order valence-electron chi connectivity index (χ1n) is 7.59. The molecular formula is C19H16N2O2. The molecule has 0 bridgehead atoms. The van der Waals surface area contributed by atoms with Crippen LogP contribution in [0, 0.1) is 27.7 Å². The summed E-state index contributed by atoms with van der Waals surface area (Å²) in [5.41, 5.74) is 5.49. The summed E-state index contributed by atoms with van der Waals surface area (Å²) in [6, 6.07) is 7.68. The molecule has 1 aromatic heterocycles. The predicted molar refractivity (Wildman–Crippen MR) is 89.7 cm³/mol. The van der Waals surface area contributed by atoms with Gasteiger partial charge in [0.15, 0.2) is 5.82 Å². The summed E-state index contributed by atoms with van der Waals surface area (Å²) in [5.74, 6) is 0.0480. The normalized spacial score (nSPS) is 12.6. The van der Waals surface area contributed by atoms with Crippen molar-refractivity contribution in [2.24, 2.45) is 0 Å². The van der Waals surface area contributed by atoms with Crippen molar-refractivity contribution >= 4 is 16.7 Å². The molecule has 3 aromatic rings. The Morgan fingerprint density at radius 3 is 2.26 bits per heavy atom. The lowest BCUT2D eigenvalue weighted by Crippen LogP contribution is -2.22. The van der Waals surface area contributed by atoms with E-state index in [4.69, 9.17) is 0 Å². The SMILES string of the molecule is Cc1cc(C)c2c(c1)-n1c(nc3cc(C)cc(C)c3c1=O)C2=O. The largest absolute Gasteiger partial charge is 0.285 e. The third-order valence-corrected chi connectivity index (χ3v) is 4.44. The molecule has 1 aliphatic rings. The number of rotatable bonds is 0. The molecule has 0 saturated carbocycles. The summed E-state index contributed by atoms with van der Waals surface area (Å²) in [7, 11) is 0. The Bertz CT molecular complexity index is 1090. The van der Waals surface area contributed by atoms with Crippen LogP contribution in [0.3, 0.4) is 0 Å². The van der Waals surface area contributed by atoms with Crippen LogP contribution >= 0.6 is 0 Å². The molecule has 0 amide bonds. The molecule has 0 unspecified atom stereocenters. The van der Waals surface area contributed by atoms with Crippen LogP contribution in [0.4, 0.5) is 0 Å². The van der Waals surface area contributed by atoms with Gasteiger partial charge in [0.05, 0.1) is 22.2 Å². The summed E-state index contributed by atoms with van der Waals surface area (Å²) >= 11 is 0. The van der Waals surface area contributed by atoms with E-state index >= 15 is 0 Å². The van der Waals surface area contributed by atoms with Gasteiger partial charge in [-0.15, -0.1) is 0 Å². The van der Waals surface area contributed by atoms with Crippen LogP contribution in [-0.4, -0.2) is 15.3 Å². The van der Waals surface area contributed by atoms with Crippen molar-refractivity contribution in [1.29, 1.82) is 0 Å². The van der Waals surface area contributed by atoms with Crippen LogP contribution in [0.5, 0.6) is 0 Å². The van der Waals surface area contributed by atoms with Gasteiger partial charge in [-0.3, -0.25) is 14.2 Å². The quantitative estimate of drug-likeness (QED) is 0.501. The Balaban J connectivity index is 2.22. The van der Waals surface area contributed by atoms with Crippen LogP contribution in [0.1, 0.15) is 38.4 Å². The standard InChI is InChI=1S/C19H16N2O2/c1-9-5-11(3)15-13(7-9)20-18-17(22)16-12(4)6-10(2)8-14(16)21(18)19(15)23/h5-8H,1-4H3. The van der Waals surface area contributed by atoms with Crippen LogP contribution in [-0.2, 0) is 0 Å². The van der Waals surface area contributed by atoms with Crippen molar-refractivity contribution in [2.45, 2.75) is 27.7 Å². The zero-order valence-corrected chi connectivity index (χ0v) is 13.5. The van der Waals surface area contributed by atoms with Crippen LogP contribution in [0.15, 0.2) is 29.1 Å². The maximum Gasteiger partial charge on any atom is 0.266 e. The highest BCUT2D eigenvalue weighted by molar-refractivity contribution is 6.14. The van der Waals surface area contributed by atoms with E-state index < -0.39 is 0 Å². The van der Waals surface area contributed by atoms with Crippen molar-refractivity contribution in [2.75, 3.05) is 0 Å². The number of hydrogen-bond donors (Lipinski definition) is 0. The molecule has 0 fully saturated rings. The number of carbonyl (C=O) groups excluding carboxylic acids is 1. The smallest absolute Gasteiger partial charge is 0.266 e. The lowest BCUT2D eigenvalue weighted by atomic mass is 10.0. The van der Waals surface area contributed by atoms with Gasteiger partial charge in [0.25, 0.3) is 5.56 Å². The second-order valence-corrected chi connectivity index (χ2v) is 6.36. The Labute approximate surface area is 133 Å². The minimum atomic E-state index is -0.171. The van der Waals surface area contributed by atoms with E-state index in [-0.39, 0.29) is 17.2 Å². The Morgan fingerprint density at radius 1 is 0.870 bits per heavy atom. The average Bonchev–Trinajstić information content (AvgIpc) is 2.71. The molecule has 2 aromatic carbocycles. The van der Waals surface area contributed by atoms with Crippen molar-refractivity contribution in [3.63, 3.8) is 0 Å². The fourth-order valence-electron chi connectivity index (χ4n) is 3.59. The van der Waals surface area contributed by atoms with E-state index in [9.17, 15) is 9.59 Å². The van der Waals surface area contributed by atoms with Gasteiger partial charge >= 0.3 is 0 Å². The van der Waals surface area contributed by atoms with E-state index in [0.29, 0.717) is 22.2 Å². The van der Waals surface area contributed by atoms with Gasteiger partial charge in [-0.25, -0.2) is 4.98 Å². The number of nitrogens with zero attached hydrogens (tertiary/aromatic N) is 2. The van der Waals surface area contributed by atoms with Crippen molar-refractivity contribution < 1.29 is 4.79 Å². The van der Waals surface area contributed by atoms with Gasteiger partial charge in [0.2, 0.25) is 5.78 Å². The van der Waals surface area contributed by atoms with E-state index in [1.165, 1.54) is 4.57 Å². The van der Waals surface area contributed by atoms with Gasteiger partial charge in [-0.05, 0) is 62.1 Å². The third-order valence-electron chi connectivity index (χ3n) is 4.44. The van der Waals surface area contributed by atoms with E-state index in [0.717, 1.165) is 22.3 Å². The van der Waals surface area contributed by atoms with Gasteiger partial charge in [-0.1, -0.05) is 12.1 Å². The predicted octanol–water partition coefficient (Wildman–Crippen LogP) is 3.16. The summed E-state index contributed by atoms with van der Waals surface area (Å²) < 4.78 is 1.47. The Morgan fingerprint density at radius 2 is 1.52 bits per heavy atom. The minimum absolute atomic E-state index is 0.167. The highest BCUT2D eigenvalue weighted by Gasteiger charge is 2.32. The summed E-state index contributed by atoms with van der Waals surface area (Å²) in [6.07, 6.45) is 0. The number of hydrogen-bond acceptors (Lipinski definition) is 3. The third kappa shape index (κ3) is 1.75. The Kier molecular flexibility index (Phi) is 2.64. The second kappa shape index (κ2) is 4.38. The van der Waals surface area contributed by atoms with Crippen molar-refractivity contribution in [3.05, 3.63) is 68.3 Å². The first-order chi connectivity index (χ1) is 10.9. The molecular weight excluding hydrogens is 288 g/mol. The number of fused-ring (bicyclic) bond motifs is 4. The molecule has 2 heterocycles. The molecule has 114 valence electrons. The molecule has 4 nitrogen and oxygen atoms in total. The van der Waals surface area contributed by atoms with E-state index in [1.807, 2.05) is 52.0 Å². The average molecular weight is 304 g/mol. The number of aromatic nitrogens is 2. The van der Waals surface area contributed by atoms with Crippen LogP contribution in [0.2, 0.25) is 0 Å². The lowest BCUT2D eigenvalue weighted by molar-refractivity contribution is 0.103. The molecule has 4 heteroatoms. The number of benzene rings is 2. The first kappa shape index (κ1) is 13.9. The van der Waals surface area contributed by atoms with Crippen molar-refractivity contribution in [1.82, 2.24) is 9.55 Å². The number of carbonyl (C=O) groups is 1. The van der Waals surface area contributed by atoms with Crippen LogP contribution < -0.4 is 5.56 Å². The van der Waals surface area contributed by atoms with Gasteiger partial charge in [0.1, 0.15) is 0 Å². The molecule has 4 rings (SSSR count). The summed E-state index contributed by atoms with van der Waals surface area (Å²) in [5, 5.41) is 0.583. The first-order valence-corrected chi connectivity index (χ1v) is 7.59. The fourth-order valence-corrected chi connectivity index (χ4v) is 3.59. The zero-order chi connectivity index (χ0) is 16.5. The molecule has 1 aliphatic heterocycles. The molecule has 0 saturated heterocycles. The number of aryl methyl sites for hydroxylation is 4. The number of ketones is 1.